The van der Waals surface area contributed by atoms with Crippen LogP contribution < -0.4 is 14.7 Å². The number of fused-ring (bicyclic) bond motifs is 4. The molecule has 0 aliphatic carbocycles. The molecule has 3 heteroatoms. The van der Waals surface area contributed by atoms with Gasteiger partial charge in [-0.1, -0.05) is 140 Å². The fourth-order valence-corrected chi connectivity index (χ4v) is 7.83. The van der Waals surface area contributed by atoms with E-state index in [4.69, 9.17) is 0 Å². The summed E-state index contributed by atoms with van der Waals surface area (Å²) < 4.78 is 0. The largest absolute Gasteiger partial charge is 0.345 e. The van der Waals surface area contributed by atoms with E-state index >= 15 is 0 Å². The van der Waals surface area contributed by atoms with Crippen LogP contribution in [0.25, 0.3) is 21.5 Å². The summed E-state index contributed by atoms with van der Waals surface area (Å²) in [6.07, 6.45) is 2.04. The molecule has 0 atom stereocenters. The SMILES string of the molecule is CN(c1ccccc1)c1ccc2ccccc2c1.c1ccc(N(c2ccc3c(c2)N(c2ccccc2)c2ccccc2CC3)c2ccc3ccccc3c2)cc1. The summed E-state index contributed by atoms with van der Waals surface area (Å²) in [6, 6.07) is 77.9. The second kappa shape index (κ2) is 15.7. The number of rotatable bonds is 6. The van der Waals surface area contributed by atoms with E-state index in [0.717, 1.165) is 29.9 Å². The summed E-state index contributed by atoms with van der Waals surface area (Å²) in [5, 5.41) is 5.04. The van der Waals surface area contributed by atoms with Gasteiger partial charge < -0.3 is 14.7 Å². The molecule has 0 N–H and O–H groups in total. The summed E-state index contributed by atoms with van der Waals surface area (Å²) >= 11 is 0. The van der Waals surface area contributed by atoms with Gasteiger partial charge in [-0.2, -0.15) is 0 Å². The molecule has 1 heterocycles. The van der Waals surface area contributed by atoms with Crippen molar-refractivity contribution in [3.63, 3.8) is 0 Å². The lowest BCUT2D eigenvalue weighted by atomic mass is 10.0. The number of aryl methyl sites for hydroxylation is 2. The summed E-state index contributed by atoms with van der Waals surface area (Å²) in [4.78, 5) is 7.00. The lowest BCUT2D eigenvalue weighted by Gasteiger charge is -2.30. The third-order valence-corrected chi connectivity index (χ3v) is 10.7. The Morgan fingerprint density at radius 2 is 0.804 bits per heavy atom. The maximum atomic E-state index is 2.44. The van der Waals surface area contributed by atoms with Crippen molar-refractivity contribution in [2.45, 2.75) is 12.8 Å². The highest BCUT2D eigenvalue weighted by atomic mass is 15.2. The maximum absolute atomic E-state index is 2.44. The van der Waals surface area contributed by atoms with Gasteiger partial charge in [0.1, 0.15) is 0 Å². The molecule has 3 nitrogen and oxygen atoms in total. The Bertz CT molecular complexity index is 2730. The van der Waals surface area contributed by atoms with Gasteiger partial charge in [-0.25, -0.2) is 0 Å². The smallest absolute Gasteiger partial charge is 0.0514 e. The summed E-state index contributed by atoms with van der Waals surface area (Å²) in [7, 11) is 2.10. The van der Waals surface area contributed by atoms with Crippen molar-refractivity contribution in [2.24, 2.45) is 0 Å². The van der Waals surface area contributed by atoms with Crippen molar-refractivity contribution in [1.82, 2.24) is 0 Å². The first-order valence-corrected chi connectivity index (χ1v) is 19.4. The highest BCUT2D eigenvalue weighted by Crippen LogP contribution is 2.45. The van der Waals surface area contributed by atoms with E-state index in [-0.39, 0.29) is 0 Å². The molecule has 1 aliphatic heterocycles. The first-order valence-electron chi connectivity index (χ1n) is 19.4. The Morgan fingerprint density at radius 1 is 0.339 bits per heavy atom. The van der Waals surface area contributed by atoms with Crippen LogP contribution in [0.3, 0.4) is 0 Å². The Labute approximate surface area is 330 Å². The Hall–Kier alpha value is -7.10. The van der Waals surface area contributed by atoms with Crippen molar-refractivity contribution in [3.8, 4) is 0 Å². The molecule has 56 heavy (non-hydrogen) atoms. The summed E-state index contributed by atoms with van der Waals surface area (Å²) in [6.45, 7) is 0. The van der Waals surface area contributed by atoms with Crippen LogP contribution in [-0.4, -0.2) is 7.05 Å². The fraction of sp³-hybridized carbons (Fsp3) is 0.0566. The topological polar surface area (TPSA) is 9.72 Å². The molecule has 0 fully saturated rings. The van der Waals surface area contributed by atoms with Crippen LogP contribution in [0, 0.1) is 0 Å². The quantitative estimate of drug-likeness (QED) is 0.169. The number of anilines is 8. The molecule has 0 bridgehead atoms. The van der Waals surface area contributed by atoms with Crippen LogP contribution in [0.1, 0.15) is 11.1 Å². The van der Waals surface area contributed by atoms with Crippen molar-refractivity contribution in [1.29, 1.82) is 0 Å². The standard InChI is InChI=1S/C36H28N2.C17H15N/c1-3-14-31(15-4-1)37(33-23-21-27-11-7-8-13-30(27)25-33)34-24-22-29-20-19-28-12-9-10-18-35(28)38(36(29)26-34)32-16-5-2-6-17-32;1-18(16-9-3-2-4-10-16)17-12-11-14-7-5-6-8-15(14)13-17/h1-18,21-26H,19-20H2;2-13H,1H3. The van der Waals surface area contributed by atoms with Crippen LogP contribution in [0.15, 0.2) is 218 Å². The molecular weight excluding hydrogens is 679 g/mol. The Morgan fingerprint density at radius 3 is 1.46 bits per heavy atom. The van der Waals surface area contributed by atoms with E-state index < -0.39 is 0 Å². The summed E-state index contributed by atoms with van der Waals surface area (Å²) in [5.74, 6) is 0. The average molecular weight is 722 g/mol. The fourth-order valence-electron chi connectivity index (χ4n) is 7.83. The number of nitrogens with zero attached hydrogens (tertiary/aromatic N) is 3. The van der Waals surface area contributed by atoms with Crippen molar-refractivity contribution < 1.29 is 0 Å². The molecule has 9 aromatic carbocycles. The average Bonchev–Trinajstić information content (AvgIpc) is 3.44. The van der Waals surface area contributed by atoms with Gasteiger partial charge in [0.2, 0.25) is 0 Å². The van der Waals surface area contributed by atoms with E-state index in [9.17, 15) is 0 Å². The van der Waals surface area contributed by atoms with Crippen LogP contribution in [0.4, 0.5) is 45.5 Å². The van der Waals surface area contributed by atoms with Crippen LogP contribution in [0.5, 0.6) is 0 Å². The second-order valence-electron chi connectivity index (χ2n) is 14.2. The van der Waals surface area contributed by atoms with Gasteiger partial charge in [0.15, 0.2) is 0 Å². The third-order valence-electron chi connectivity index (χ3n) is 10.7. The Balaban J connectivity index is 0.000000190. The van der Waals surface area contributed by atoms with Gasteiger partial charge in [0, 0.05) is 46.9 Å². The lowest BCUT2D eigenvalue weighted by molar-refractivity contribution is 0.977. The number of para-hydroxylation sites is 4. The zero-order chi connectivity index (χ0) is 37.7. The zero-order valence-corrected chi connectivity index (χ0v) is 31.5. The highest BCUT2D eigenvalue weighted by Gasteiger charge is 2.24. The minimum Gasteiger partial charge on any atom is -0.345 e. The van der Waals surface area contributed by atoms with E-state index in [1.54, 1.807) is 0 Å². The van der Waals surface area contributed by atoms with Gasteiger partial charge in [0.25, 0.3) is 0 Å². The van der Waals surface area contributed by atoms with Crippen LogP contribution >= 0.6 is 0 Å². The second-order valence-corrected chi connectivity index (χ2v) is 14.2. The molecule has 0 saturated heterocycles. The van der Waals surface area contributed by atoms with Gasteiger partial charge in [-0.05, 0) is 124 Å². The third kappa shape index (κ3) is 7.11. The van der Waals surface area contributed by atoms with Crippen molar-refractivity contribution in [3.05, 3.63) is 230 Å². The number of hydrogen-bond donors (Lipinski definition) is 0. The van der Waals surface area contributed by atoms with E-state index in [0.29, 0.717) is 0 Å². The summed E-state index contributed by atoms with van der Waals surface area (Å²) in [5.41, 5.74) is 12.3. The lowest BCUT2D eigenvalue weighted by Crippen LogP contribution is -2.14. The van der Waals surface area contributed by atoms with Crippen LogP contribution in [0.2, 0.25) is 0 Å². The van der Waals surface area contributed by atoms with Gasteiger partial charge in [-0.15, -0.1) is 0 Å². The van der Waals surface area contributed by atoms with Gasteiger partial charge >= 0.3 is 0 Å². The molecule has 0 unspecified atom stereocenters. The van der Waals surface area contributed by atoms with Gasteiger partial charge in [0.05, 0.1) is 5.69 Å². The van der Waals surface area contributed by atoms with Gasteiger partial charge in [-0.3, -0.25) is 0 Å². The predicted molar refractivity (Wildman–Crippen MR) is 239 cm³/mol. The number of benzene rings is 9. The first kappa shape index (κ1) is 34.7. The molecule has 10 rings (SSSR count). The zero-order valence-electron chi connectivity index (χ0n) is 31.5. The molecule has 270 valence electrons. The first-order chi connectivity index (χ1) is 27.7. The normalized spacial score (nSPS) is 11.8. The monoisotopic (exact) mass is 721 g/mol. The molecule has 9 aromatic rings. The van der Waals surface area contributed by atoms with Crippen molar-refractivity contribution >= 4 is 67.0 Å². The van der Waals surface area contributed by atoms with Crippen LogP contribution in [-0.2, 0) is 12.8 Å². The Kier molecular flexibility index (Phi) is 9.72. The van der Waals surface area contributed by atoms with Crippen molar-refractivity contribution in [2.75, 3.05) is 21.7 Å². The molecule has 0 amide bonds. The molecule has 0 spiro atoms. The minimum atomic E-state index is 1.01. The number of hydrogen-bond acceptors (Lipinski definition) is 3. The minimum absolute atomic E-state index is 1.01. The van der Waals surface area contributed by atoms with E-state index in [1.807, 2.05) is 6.07 Å². The maximum Gasteiger partial charge on any atom is 0.0514 e. The molecular formula is C53H43N3. The molecule has 0 aromatic heterocycles. The highest BCUT2D eigenvalue weighted by molar-refractivity contribution is 5.91. The van der Waals surface area contributed by atoms with E-state index in [2.05, 4.69) is 234 Å². The van der Waals surface area contributed by atoms with E-state index in [1.165, 1.54) is 61.1 Å². The molecule has 0 saturated carbocycles. The molecule has 1 aliphatic rings. The predicted octanol–water partition coefficient (Wildman–Crippen LogP) is 14.5. The molecule has 0 radical (unpaired) electrons.